The summed E-state index contributed by atoms with van der Waals surface area (Å²) in [4.78, 5) is 19.8. The molecule has 2 aromatic heterocycles. The van der Waals surface area contributed by atoms with Crippen LogP contribution in [0.2, 0.25) is 5.02 Å². The van der Waals surface area contributed by atoms with Gasteiger partial charge >= 0.3 is 0 Å². The van der Waals surface area contributed by atoms with Crippen LogP contribution in [0.25, 0.3) is 0 Å². The van der Waals surface area contributed by atoms with E-state index < -0.39 is 0 Å². The van der Waals surface area contributed by atoms with Crippen LogP contribution in [0.5, 0.6) is 0 Å². The number of amides is 1. The van der Waals surface area contributed by atoms with E-state index in [0.29, 0.717) is 21.0 Å². The predicted octanol–water partition coefficient (Wildman–Crippen LogP) is 3.14. The Bertz CT molecular complexity index is 562. The second-order valence-corrected chi connectivity index (χ2v) is 4.44. The van der Waals surface area contributed by atoms with Crippen molar-refractivity contribution in [1.82, 2.24) is 9.97 Å². The van der Waals surface area contributed by atoms with E-state index in [0.717, 1.165) is 0 Å². The van der Waals surface area contributed by atoms with E-state index in [2.05, 4.69) is 31.2 Å². The molecule has 0 aliphatic heterocycles. The van der Waals surface area contributed by atoms with Gasteiger partial charge in [0.1, 0.15) is 11.5 Å². The monoisotopic (exact) mass is 311 g/mol. The molecule has 0 aliphatic carbocycles. The van der Waals surface area contributed by atoms with Gasteiger partial charge in [-0.05, 0) is 40.2 Å². The van der Waals surface area contributed by atoms with Crippen molar-refractivity contribution < 1.29 is 4.79 Å². The van der Waals surface area contributed by atoms with Crippen LogP contribution in [-0.4, -0.2) is 15.9 Å². The van der Waals surface area contributed by atoms with Gasteiger partial charge in [0.25, 0.3) is 5.91 Å². The third kappa shape index (κ3) is 3.01. The van der Waals surface area contributed by atoms with E-state index in [1.807, 2.05) is 0 Å². The first kappa shape index (κ1) is 12.0. The van der Waals surface area contributed by atoms with Crippen LogP contribution in [0.4, 0.5) is 5.82 Å². The first-order valence-electron chi connectivity index (χ1n) is 4.70. The smallest absolute Gasteiger partial charge is 0.276 e. The summed E-state index contributed by atoms with van der Waals surface area (Å²) in [5.74, 6) is 0.0484. The largest absolute Gasteiger partial charge is 0.305 e. The fourth-order valence-electron chi connectivity index (χ4n) is 1.20. The first-order chi connectivity index (χ1) is 8.16. The Kier molecular flexibility index (Phi) is 3.71. The summed E-state index contributed by atoms with van der Waals surface area (Å²) in [6.07, 6.45) is 3.07. The van der Waals surface area contributed by atoms with Crippen molar-refractivity contribution in [1.29, 1.82) is 0 Å². The van der Waals surface area contributed by atoms with Gasteiger partial charge in [0.2, 0.25) is 0 Å². The number of pyridine rings is 2. The third-order valence-electron chi connectivity index (χ3n) is 1.94. The summed E-state index contributed by atoms with van der Waals surface area (Å²) in [5.41, 5.74) is 0.300. The Morgan fingerprint density at radius 2 is 2.12 bits per heavy atom. The van der Waals surface area contributed by atoms with Gasteiger partial charge in [0, 0.05) is 21.9 Å². The number of aromatic nitrogens is 2. The highest BCUT2D eigenvalue weighted by Gasteiger charge is 2.11. The first-order valence-corrected chi connectivity index (χ1v) is 5.87. The SMILES string of the molecule is O=C(Nc1cc(Cl)ccn1)c1ncccc1Br. The maximum Gasteiger partial charge on any atom is 0.276 e. The van der Waals surface area contributed by atoms with Gasteiger partial charge in [-0.1, -0.05) is 11.6 Å². The lowest BCUT2D eigenvalue weighted by atomic mass is 10.3. The third-order valence-corrected chi connectivity index (χ3v) is 2.81. The maximum absolute atomic E-state index is 11.9. The summed E-state index contributed by atoms with van der Waals surface area (Å²) >= 11 is 9.04. The summed E-state index contributed by atoms with van der Waals surface area (Å²) in [7, 11) is 0. The Morgan fingerprint density at radius 3 is 2.82 bits per heavy atom. The fourth-order valence-corrected chi connectivity index (χ4v) is 1.80. The lowest BCUT2D eigenvalue weighted by Gasteiger charge is -2.05. The van der Waals surface area contributed by atoms with Gasteiger partial charge in [-0.15, -0.1) is 0 Å². The highest BCUT2D eigenvalue weighted by molar-refractivity contribution is 9.10. The number of halogens is 2. The zero-order chi connectivity index (χ0) is 12.3. The molecule has 0 atom stereocenters. The van der Waals surface area contributed by atoms with Gasteiger partial charge in [-0.2, -0.15) is 0 Å². The van der Waals surface area contributed by atoms with Crippen molar-refractivity contribution in [2.75, 3.05) is 5.32 Å². The predicted molar refractivity (Wildman–Crippen MR) is 69.1 cm³/mol. The molecule has 86 valence electrons. The molecule has 2 rings (SSSR count). The molecule has 1 N–H and O–H groups in total. The molecule has 1 amide bonds. The van der Waals surface area contributed by atoms with Gasteiger partial charge in [0.05, 0.1) is 0 Å². The van der Waals surface area contributed by atoms with Crippen molar-refractivity contribution >= 4 is 39.3 Å². The average molecular weight is 313 g/mol. The summed E-state index contributed by atoms with van der Waals surface area (Å²) in [6.45, 7) is 0. The maximum atomic E-state index is 11.9. The molecule has 0 aliphatic rings. The average Bonchev–Trinajstić information content (AvgIpc) is 2.29. The molecule has 0 fully saturated rings. The second-order valence-electron chi connectivity index (χ2n) is 3.15. The molecule has 0 unspecified atom stereocenters. The number of hydrogen-bond donors (Lipinski definition) is 1. The van der Waals surface area contributed by atoms with Crippen molar-refractivity contribution in [3.63, 3.8) is 0 Å². The molecule has 0 saturated carbocycles. The molecule has 0 bridgehead atoms. The number of nitrogens with zero attached hydrogens (tertiary/aromatic N) is 2. The normalized spacial score (nSPS) is 10.0. The molecule has 0 aromatic carbocycles. The Morgan fingerprint density at radius 1 is 1.29 bits per heavy atom. The van der Waals surface area contributed by atoms with E-state index in [4.69, 9.17) is 11.6 Å². The van der Waals surface area contributed by atoms with Gasteiger partial charge in [0.15, 0.2) is 0 Å². The van der Waals surface area contributed by atoms with E-state index in [-0.39, 0.29) is 5.91 Å². The molecule has 2 heterocycles. The van der Waals surface area contributed by atoms with E-state index >= 15 is 0 Å². The van der Waals surface area contributed by atoms with Crippen molar-refractivity contribution in [3.05, 3.63) is 51.8 Å². The number of rotatable bonds is 2. The van der Waals surface area contributed by atoms with Gasteiger partial charge in [-0.25, -0.2) is 9.97 Å². The van der Waals surface area contributed by atoms with Gasteiger partial charge in [-0.3, -0.25) is 4.79 Å². The minimum Gasteiger partial charge on any atom is -0.305 e. The summed E-state index contributed by atoms with van der Waals surface area (Å²) in [5, 5.41) is 3.12. The lowest BCUT2D eigenvalue weighted by Crippen LogP contribution is -2.15. The molecular formula is C11H7BrClN3O. The highest BCUT2D eigenvalue weighted by atomic mass is 79.9. The Hall–Kier alpha value is -1.46. The van der Waals surface area contributed by atoms with Crippen LogP contribution in [0.1, 0.15) is 10.5 Å². The zero-order valence-corrected chi connectivity index (χ0v) is 10.9. The fraction of sp³-hybridized carbons (Fsp3) is 0. The number of nitrogens with one attached hydrogen (secondary N) is 1. The molecule has 0 spiro atoms. The summed E-state index contributed by atoms with van der Waals surface area (Å²) in [6, 6.07) is 6.68. The van der Waals surface area contributed by atoms with Gasteiger partial charge < -0.3 is 5.32 Å². The minimum atomic E-state index is -0.341. The number of hydrogen-bond acceptors (Lipinski definition) is 3. The van der Waals surface area contributed by atoms with Crippen molar-refractivity contribution in [2.45, 2.75) is 0 Å². The molecule has 0 saturated heterocycles. The van der Waals surface area contributed by atoms with E-state index in [1.165, 1.54) is 6.20 Å². The second kappa shape index (κ2) is 5.25. The summed E-state index contributed by atoms with van der Waals surface area (Å²) < 4.78 is 0.625. The molecule has 4 nitrogen and oxygen atoms in total. The quantitative estimate of drug-likeness (QED) is 0.927. The van der Waals surface area contributed by atoms with Crippen LogP contribution in [0.3, 0.4) is 0 Å². The standard InChI is InChI=1S/C11H7BrClN3O/c12-8-2-1-4-15-10(8)11(17)16-9-6-7(13)3-5-14-9/h1-6H,(H,14,16,17). The Balaban J connectivity index is 2.20. The molecule has 17 heavy (non-hydrogen) atoms. The highest BCUT2D eigenvalue weighted by Crippen LogP contribution is 2.16. The van der Waals surface area contributed by atoms with Crippen LogP contribution >= 0.6 is 27.5 Å². The molecule has 0 radical (unpaired) electrons. The van der Waals surface area contributed by atoms with Crippen LogP contribution in [0.15, 0.2) is 41.1 Å². The zero-order valence-electron chi connectivity index (χ0n) is 8.52. The molecule has 2 aromatic rings. The van der Waals surface area contributed by atoms with E-state index in [9.17, 15) is 4.79 Å². The van der Waals surface area contributed by atoms with E-state index in [1.54, 1.807) is 30.5 Å². The number of carbonyl (C=O) groups excluding carboxylic acids is 1. The molecular weight excluding hydrogens is 305 g/mol. The topological polar surface area (TPSA) is 54.9 Å². The van der Waals surface area contributed by atoms with Crippen LogP contribution in [-0.2, 0) is 0 Å². The molecule has 6 heteroatoms. The van der Waals surface area contributed by atoms with Crippen molar-refractivity contribution in [3.8, 4) is 0 Å². The Labute approximate surface area is 111 Å². The van der Waals surface area contributed by atoms with Crippen LogP contribution in [0, 0.1) is 0 Å². The number of carbonyl (C=O) groups is 1. The van der Waals surface area contributed by atoms with Crippen molar-refractivity contribution in [2.24, 2.45) is 0 Å². The van der Waals surface area contributed by atoms with Crippen LogP contribution < -0.4 is 5.32 Å². The number of anilines is 1. The lowest BCUT2D eigenvalue weighted by molar-refractivity contribution is 0.102. The minimum absolute atomic E-state index is 0.300.